The van der Waals surface area contributed by atoms with Gasteiger partial charge in [0.25, 0.3) is 0 Å². The summed E-state index contributed by atoms with van der Waals surface area (Å²) in [4.78, 5) is 16.1. The second-order valence-corrected chi connectivity index (χ2v) is 16.0. The largest absolute Gasteiger partial charge is 0.455 e. The van der Waals surface area contributed by atoms with Gasteiger partial charge >= 0.3 is 0 Å². The number of hydrogen-bond donors (Lipinski definition) is 0. The maximum atomic E-state index is 6.65. The Hall–Kier alpha value is -8.47. The summed E-state index contributed by atoms with van der Waals surface area (Å²) < 4.78 is 6.65. The zero-order valence-electron chi connectivity index (χ0n) is 34.1. The number of hydrogen-bond acceptors (Lipinski definition) is 4. The number of rotatable bonds is 7. The summed E-state index contributed by atoms with van der Waals surface area (Å²) in [5.74, 6) is 0.619. The number of para-hydroxylation sites is 2. The fraction of sp³-hybridized carbons (Fsp3) is 0. The monoisotopic (exact) mass is 803 g/mol. The third-order valence-corrected chi connectivity index (χ3v) is 12.1. The summed E-state index contributed by atoms with van der Waals surface area (Å²) in [5, 5.41) is 5.65. The molecule has 0 saturated carbocycles. The molecule has 0 fully saturated rings. The van der Waals surface area contributed by atoms with Gasteiger partial charge in [-0.05, 0) is 81.1 Å². The van der Waals surface area contributed by atoms with E-state index in [1.807, 2.05) is 24.3 Å². The van der Waals surface area contributed by atoms with Crippen LogP contribution in [0.4, 0.5) is 0 Å². The molecular weight excluding hydrogens is 767 g/mol. The highest BCUT2D eigenvalue weighted by Crippen LogP contribution is 2.42. The average molecular weight is 804 g/mol. The topological polar surface area (TPSA) is 51.8 Å². The van der Waals surface area contributed by atoms with Gasteiger partial charge in [-0.15, -0.1) is 0 Å². The van der Waals surface area contributed by atoms with Crippen LogP contribution in [-0.4, -0.2) is 15.0 Å². The highest BCUT2D eigenvalue weighted by Gasteiger charge is 2.19. The van der Waals surface area contributed by atoms with Crippen LogP contribution in [0.15, 0.2) is 229 Å². The molecule has 9 aromatic carbocycles. The van der Waals surface area contributed by atoms with Gasteiger partial charge in [0.1, 0.15) is 11.2 Å². The van der Waals surface area contributed by atoms with E-state index in [-0.39, 0.29) is 0 Å². The van der Waals surface area contributed by atoms with Crippen molar-refractivity contribution in [1.29, 1.82) is 0 Å². The first-order valence-corrected chi connectivity index (χ1v) is 21.2. The Balaban J connectivity index is 1.11. The Morgan fingerprint density at radius 3 is 1.62 bits per heavy atom. The van der Waals surface area contributed by atoms with Crippen LogP contribution in [0.25, 0.3) is 122 Å². The SMILES string of the molecule is c1ccc(-c2ccc(-c3cc(-c4ccccc4)nc(-c4cc(-c5cc(-c6ccccc6)c6c(ccc7ccccc76)n5)cc(-c5cccc6c5oc5ccccc56)c4)n3)cc2)cc1. The minimum Gasteiger partial charge on any atom is -0.455 e. The zero-order chi connectivity index (χ0) is 41.7. The molecule has 0 atom stereocenters. The van der Waals surface area contributed by atoms with E-state index in [2.05, 4.69) is 200 Å². The smallest absolute Gasteiger partial charge is 0.160 e. The van der Waals surface area contributed by atoms with Gasteiger partial charge in [0.15, 0.2) is 5.82 Å². The maximum absolute atomic E-state index is 6.65. The van der Waals surface area contributed by atoms with Crippen LogP contribution in [0.1, 0.15) is 0 Å². The second-order valence-electron chi connectivity index (χ2n) is 16.0. The third-order valence-electron chi connectivity index (χ3n) is 12.1. The minimum atomic E-state index is 0.619. The molecule has 63 heavy (non-hydrogen) atoms. The molecule has 0 aliphatic carbocycles. The molecule has 294 valence electrons. The molecule has 0 unspecified atom stereocenters. The first-order valence-electron chi connectivity index (χ1n) is 21.2. The number of nitrogens with zero attached hydrogens (tertiary/aromatic N) is 3. The van der Waals surface area contributed by atoms with Crippen molar-refractivity contribution in [2.45, 2.75) is 0 Å². The standard InChI is InChI=1S/C59H37N3O/c1-4-15-38(16-5-1)39-27-29-43(30-28-39)55-37-54(42-20-8-3-9-21-42)61-59(62-55)46-34-44(48-24-14-25-50-49-23-12-13-26-56(49)63-58(48)50)33-45(35-46)53-36-51(40-17-6-2-7-18-40)57-47-22-11-10-19-41(47)31-32-52(57)60-53/h1-37H. The lowest BCUT2D eigenvalue weighted by Gasteiger charge is -2.15. The van der Waals surface area contributed by atoms with Gasteiger partial charge in [0.05, 0.1) is 22.6 Å². The second kappa shape index (κ2) is 15.2. The van der Waals surface area contributed by atoms with Crippen LogP contribution in [0.5, 0.6) is 0 Å². The van der Waals surface area contributed by atoms with Crippen LogP contribution < -0.4 is 0 Å². The van der Waals surface area contributed by atoms with Crippen LogP contribution in [0, 0.1) is 0 Å². The molecule has 0 radical (unpaired) electrons. The number of fused-ring (bicyclic) bond motifs is 6. The molecular formula is C59H37N3O. The average Bonchev–Trinajstić information content (AvgIpc) is 3.75. The molecule has 12 rings (SSSR count). The molecule has 3 heterocycles. The Kier molecular flexibility index (Phi) is 8.79. The Labute approximate surface area is 364 Å². The van der Waals surface area contributed by atoms with Gasteiger partial charge in [-0.25, -0.2) is 15.0 Å². The summed E-state index contributed by atoms with van der Waals surface area (Å²) in [7, 11) is 0. The van der Waals surface area contributed by atoms with Crippen molar-refractivity contribution in [2.24, 2.45) is 0 Å². The van der Waals surface area contributed by atoms with E-state index in [1.165, 1.54) is 16.3 Å². The van der Waals surface area contributed by atoms with Gasteiger partial charge < -0.3 is 4.42 Å². The van der Waals surface area contributed by atoms with Crippen molar-refractivity contribution >= 4 is 43.6 Å². The van der Waals surface area contributed by atoms with Crippen molar-refractivity contribution in [3.05, 3.63) is 224 Å². The van der Waals surface area contributed by atoms with Gasteiger partial charge in [-0.3, -0.25) is 0 Å². The molecule has 4 nitrogen and oxygen atoms in total. The predicted molar refractivity (Wildman–Crippen MR) is 260 cm³/mol. The van der Waals surface area contributed by atoms with Crippen molar-refractivity contribution < 1.29 is 4.42 Å². The van der Waals surface area contributed by atoms with Crippen LogP contribution >= 0.6 is 0 Å². The van der Waals surface area contributed by atoms with Crippen LogP contribution in [0.2, 0.25) is 0 Å². The molecule has 12 aromatic rings. The zero-order valence-corrected chi connectivity index (χ0v) is 34.1. The minimum absolute atomic E-state index is 0.619. The number of furan rings is 1. The van der Waals surface area contributed by atoms with Crippen molar-refractivity contribution in [2.75, 3.05) is 0 Å². The van der Waals surface area contributed by atoms with Crippen molar-refractivity contribution in [3.8, 4) is 78.5 Å². The predicted octanol–water partition coefficient (Wildman–Crippen LogP) is 15.7. The molecule has 0 bridgehead atoms. The van der Waals surface area contributed by atoms with Gasteiger partial charge in [-0.1, -0.05) is 182 Å². The highest BCUT2D eigenvalue weighted by atomic mass is 16.3. The number of benzene rings is 9. The van der Waals surface area contributed by atoms with Crippen LogP contribution in [0.3, 0.4) is 0 Å². The van der Waals surface area contributed by atoms with Gasteiger partial charge in [-0.2, -0.15) is 0 Å². The third kappa shape index (κ3) is 6.62. The van der Waals surface area contributed by atoms with Gasteiger partial charge in [0, 0.05) is 44.0 Å². The molecule has 0 aliphatic heterocycles. The number of pyridine rings is 1. The van der Waals surface area contributed by atoms with Crippen molar-refractivity contribution in [3.63, 3.8) is 0 Å². The highest BCUT2D eigenvalue weighted by molar-refractivity contribution is 6.14. The van der Waals surface area contributed by atoms with E-state index >= 15 is 0 Å². The number of aromatic nitrogens is 3. The molecule has 0 aliphatic rings. The maximum Gasteiger partial charge on any atom is 0.160 e. The molecule has 0 saturated heterocycles. The summed E-state index contributed by atoms with van der Waals surface area (Å²) in [6, 6.07) is 78.6. The normalized spacial score (nSPS) is 11.5. The Morgan fingerprint density at radius 1 is 0.302 bits per heavy atom. The lowest BCUT2D eigenvalue weighted by Crippen LogP contribution is -1.97. The Morgan fingerprint density at radius 2 is 0.857 bits per heavy atom. The van der Waals surface area contributed by atoms with E-state index in [1.54, 1.807) is 0 Å². The molecule has 0 spiro atoms. The van der Waals surface area contributed by atoms with E-state index in [4.69, 9.17) is 19.4 Å². The van der Waals surface area contributed by atoms with E-state index < -0.39 is 0 Å². The fourth-order valence-electron chi connectivity index (χ4n) is 8.98. The lowest BCUT2D eigenvalue weighted by molar-refractivity contribution is 0.670. The van der Waals surface area contributed by atoms with Gasteiger partial charge in [0.2, 0.25) is 0 Å². The fourth-order valence-corrected chi connectivity index (χ4v) is 8.98. The van der Waals surface area contributed by atoms with E-state index in [9.17, 15) is 0 Å². The summed E-state index contributed by atoms with van der Waals surface area (Å²) in [6.45, 7) is 0. The molecule has 3 aromatic heterocycles. The molecule has 0 amide bonds. The summed E-state index contributed by atoms with van der Waals surface area (Å²) in [5.41, 5.74) is 15.6. The summed E-state index contributed by atoms with van der Waals surface area (Å²) in [6.07, 6.45) is 0. The van der Waals surface area contributed by atoms with Crippen molar-refractivity contribution in [1.82, 2.24) is 15.0 Å². The molecule has 4 heteroatoms. The molecule has 0 N–H and O–H groups in total. The first-order chi connectivity index (χ1) is 31.2. The van der Waals surface area contributed by atoms with E-state index in [0.717, 1.165) is 100.0 Å². The quantitative estimate of drug-likeness (QED) is 0.151. The summed E-state index contributed by atoms with van der Waals surface area (Å²) >= 11 is 0. The lowest BCUT2D eigenvalue weighted by atomic mass is 9.92. The first kappa shape index (κ1) is 36.4. The van der Waals surface area contributed by atoms with E-state index in [0.29, 0.717) is 5.82 Å². The Bertz CT molecular complexity index is 3650. The van der Waals surface area contributed by atoms with Crippen LogP contribution in [-0.2, 0) is 0 Å².